The molecule has 1 aliphatic heterocycles. The van der Waals surface area contributed by atoms with Crippen LogP contribution >= 0.6 is 0 Å². The van der Waals surface area contributed by atoms with Crippen LogP contribution in [0.25, 0.3) is 0 Å². The molecule has 0 N–H and O–H groups in total. The number of para-hydroxylation sites is 2. The first kappa shape index (κ1) is 16.1. The Morgan fingerprint density at radius 1 is 1.04 bits per heavy atom. The normalized spacial score (nSPS) is 14.6. The number of aryl methyl sites for hydroxylation is 1. The number of benzene rings is 1. The van der Waals surface area contributed by atoms with E-state index < -0.39 is 0 Å². The number of methoxy groups -OCH3 is 1. The largest absolute Gasteiger partial charge is 0.495 e. The first-order chi connectivity index (χ1) is 11.6. The van der Waals surface area contributed by atoms with E-state index in [9.17, 15) is 9.59 Å². The van der Waals surface area contributed by atoms with Gasteiger partial charge < -0.3 is 19.1 Å². The minimum Gasteiger partial charge on any atom is -0.495 e. The van der Waals surface area contributed by atoms with E-state index >= 15 is 0 Å². The van der Waals surface area contributed by atoms with Gasteiger partial charge in [-0.25, -0.2) is 0 Å². The number of ether oxygens (including phenoxy) is 1. The Hall–Kier alpha value is -2.76. The summed E-state index contributed by atoms with van der Waals surface area (Å²) in [6, 6.07) is 10.9. The smallest absolute Gasteiger partial charge is 0.255 e. The van der Waals surface area contributed by atoms with Crippen LogP contribution in [0, 0.1) is 0 Å². The first-order valence-corrected chi connectivity index (χ1v) is 7.94. The van der Waals surface area contributed by atoms with Crippen molar-refractivity contribution in [3.8, 4) is 5.75 Å². The molecule has 0 bridgehead atoms. The summed E-state index contributed by atoms with van der Waals surface area (Å²) in [6.45, 7) is 2.77. The minimum atomic E-state index is -0.118. The van der Waals surface area contributed by atoms with Crippen LogP contribution in [0.4, 0.5) is 5.69 Å². The van der Waals surface area contributed by atoms with E-state index in [-0.39, 0.29) is 11.5 Å². The molecular formula is C18H21N3O3. The fourth-order valence-corrected chi connectivity index (χ4v) is 2.94. The highest BCUT2D eigenvalue weighted by atomic mass is 16.5. The number of carbonyl (C=O) groups is 1. The van der Waals surface area contributed by atoms with Crippen molar-refractivity contribution in [1.82, 2.24) is 9.47 Å². The monoisotopic (exact) mass is 327 g/mol. The summed E-state index contributed by atoms with van der Waals surface area (Å²) in [5.74, 6) is 0.806. The maximum Gasteiger partial charge on any atom is 0.255 e. The van der Waals surface area contributed by atoms with Crippen LogP contribution in [0.5, 0.6) is 5.75 Å². The molecule has 24 heavy (non-hydrogen) atoms. The highest BCUT2D eigenvalue weighted by Gasteiger charge is 2.23. The summed E-state index contributed by atoms with van der Waals surface area (Å²) in [5, 5.41) is 0. The summed E-state index contributed by atoms with van der Waals surface area (Å²) < 4.78 is 6.84. The molecule has 0 aliphatic carbocycles. The molecule has 1 saturated heterocycles. The fourth-order valence-electron chi connectivity index (χ4n) is 2.94. The Balaban J connectivity index is 1.69. The van der Waals surface area contributed by atoms with E-state index in [1.807, 2.05) is 29.2 Å². The van der Waals surface area contributed by atoms with Gasteiger partial charge in [0.15, 0.2) is 0 Å². The molecule has 6 heteroatoms. The molecule has 0 spiro atoms. The van der Waals surface area contributed by atoms with Crippen molar-refractivity contribution in [3.05, 3.63) is 58.5 Å². The van der Waals surface area contributed by atoms with Crippen molar-refractivity contribution in [2.75, 3.05) is 38.2 Å². The van der Waals surface area contributed by atoms with Crippen molar-refractivity contribution >= 4 is 11.6 Å². The third kappa shape index (κ3) is 3.13. The number of hydrogen-bond acceptors (Lipinski definition) is 4. The summed E-state index contributed by atoms with van der Waals surface area (Å²) >= 11 is 0. The number of piperazine rings is 1. The van der Waals surface area contributed by atoms with Gasteiger partial charge in [0.25, 0.3) is 5.91 Å². The Kier molecular flexibility index (Phi) is 4.55. The zero-order valence-electron chi connectivity index (χ0n) is 13.9. The van der Waals surface area contributed by atoms with Gasteiger partial charge in [-0.3, -0.25) is 9.59 Å². The van der Waals surface area contributed by atoms with Crippen molar-refractivity contribution in [1.29, 1.82) is 0 Å². The van der Waals surface area contributed by atoms with Gasteiger partial charge in [-0.2, -0.15) is 0 Å². The standard InChI is InChI=1S/C18H21N3O3/c1-19-13-14(7-8-17(19)22)18(23)21-11-9-20(10-12-21)15-5-3-4-6-16(15)24-2/h3-8,13H,9-12H2,1-2H3. The zero-order valence-corrected chi connectivity index (χ0v) is 13.9. The first-order valence-electron chi connectivity index (χ1n) is 7.94. The van der Waals surface area contributed by atoms with Crippen LogP contribution in [-0.2, 0) is 7.05 Å². The van der Waals surface area contributed by atoms with Crippen LogP contribution in [0.1, 0.15) is 10.4 Å². The van der Waals surface area contributed by atoms with Gasteiger partial charge in [0.1, 0.15) is 5.75 Å². The van der Waals surface area contributed by atoms with Crippen molar-refractivity contribution in [2.24, 2.45) is 7.05 Å². The summed E-state index contributed by atoms with van der Waals surface area (Å²) in [7, 11) is 3.32. The van der Waals surface area contributed by atoms with E-state index in [0.717, 1.165) is 24.5 Å². The highest BCUT2D eigenvalue weighted by molar-refractivity contribution is 5.94. The number of rotatable bonds is 3. The van der Waals surface area contributed by atoms with E-state index in [2.05, 4.69) is 4.90 Å². The van der Waals surface area contributed by atoms with Crippen LogP contribution in [0.3, 0.4) is 0 Å². The summed E-state index contributed by atoms with van der Waals surface area (Å²) in [4.78, 5) is 28.1. The molecule has 1 aromatic carbocycles. The number of hydrogen-bond donors (Lipinski definition) is 0. The van der Waals surface area contributed by atoms with Crippen molar-refractivity contribution in [3.63, 3.8) is 0 Å². The average Bonchev–Trinajstić information content (AvgIpc) is 2.63. The van der Waals surface area contributed by atoms with Gasteiger partial charge in [-0.1, -0.05) is 12.1 Å². The van der Waals surface area contributed by atoms with Crippen molar-refractivity contribution < 1.29 is 9.53 Å². The predicted octanol–water partition coefficient (Wildman–Crippen LogP) is 1.36. The highest BCUT2D eigenvalue weighted by Crippen LogP contribution is 2.28. The van der Waals surface area contributed by atoms with Gasteiger partial charge >= 0.3 is 0 Å². The van der Waals surface area contributed by atoms with Gasteiger partial charge in [0, 0.05) is 45.5 Å². The third-order valence-electron chi connectivity index (χ3n) is 4.33. The second-order valence-electron chi connectivity index (χ2n) is 5.82. The SMILES string of the molecule is COc1ccccc1N1CCN(C(=O)c2ccc(=O)n(C)c2)CC1. The Bertz CT molecular complexity index is 792. The molecule has 1 aromatic heterocycles. The molecule has 0 saturated carbocycles. The third-order valence-corrected chi connectivity index (χ3v) is 4.33. The lowest BCUT2D eigenvalue weighted by Crippen LogP contribution is -2.49. The molecule has 0 atom stereocenters. The molecule has 1 amide bonds. The van der Waals surface area contributed by atoms with Gasteiger partial charge in [-0.05, 0) is 18.2 Å². The van der Waals surface area contributed by atoms with E-state index in [1.54, 1.807) is 26.4 Å². The molecule has 0 radical (unpaired) electrons. The Labute approximate surface area is 140 Å². The van der Waals surface area contributed by atoms with E-state index in [0.29, 0.717) is 18.7 Å². The average molecular weight is 327 g/mol. The maximum absolute atomic E-state index is 12.6. The van der Waals surface area contributed by atoms with Crippen molar-refractivity contribution in [2.45, 2.75) is 0 Å². The number of anilines is 1. The van der Waals surface area contributed by atoms with Gasteiger partial charge in [-0.15, -0.1) is 0 Å². The fraction of sp³-hybridized carbons (Fsp3) is 0.333. The number of amides is 1. The molecule has 2 aromatic rings. The molecule has 126 valence electrons. The molecule has 2 heterocycles. The number of carbonyl (C=O) groups excluding carboxylic acids is 1. The predicted molar refractivity (Wildman–Crippen MR) is 92.8 cm³/mol. The Morgan fingerprint density at radius 2 is 1.75 bits per heavy atom. The number of pyridine rings is 1. The molecule has 0 unspecified atom stereocenters. The molecule has 1 aliphatic rings. The lowest BCUT2D eigenvalue weighted by atomic mass is 10.2. The van der Waals surface area contributed by atoms with Crippen LogP contribution in [0.15, 0.2) is 47.4 Å². The molecule has 1 fully saturated rings. The number of nitrogens with zero attached hydrogens (tertiary/aromatic N) is 3. The van der Waals surface area contributed by atoms with E-state index in [4.69, 9.17) is 4.74 Å². The molecular weight excluding hydrogens is 306 g/mol. The Morgan fingerprint density at radius 3 is 2.42 bits per heavy atom. The summed E-state index contributed by atoms with van der Waals surface area (Å²) in [6.07, 6.45) is 1.59. The van der Waals surface area contributed by atoms with Crippen LogP contribution < -0.4 is 15.2 Å². The zero-order chi connectivity index (χ0) is 17.1. The van der Waals surface area contributed by atoms with E-state index in [1.165, 1.54) is 10.6 Å². The molecule has 3 rings (SSSR count). The lowest BCUT2D eigenvalue weighted by Gasteiger charge is -2.36. The van der Waals surface area contributed by atoms with Crippen LogP contribution in [0.2, 0.25) is 0 Å². The van der Waals surface area contributed by atoms with Crippen LogP contribution in [-0.4, -0.2) is 48.7 Å². The quantitative estimate of drug-likeness (QED) is 0.854. The maximum atomic E-state index is 12.6. The molecule has 6 nitrogen and oxygen atoms in total. The van der Waals surface area contributed by atoms with Gasteiger partial charge in [0.2, 0.25) is 5.56 Å². The number of aromatic nitrogens is 1. The topological polar surface area (TPSA) is 54.8 Å². The second kappa shape index (κ2) is 6.78. The lowest BCUT2D eigenvalue weighted by molar-refractivity contribution is 0.0746. The second-order valence-corrected chi connectivity index (χ2v) is 5.82. The van der Waals surface area contributed by atoms with Gasteiger partial charge in [0.05, 0.1) is 18.4 Å². The minimum absolute atomic E-state index is 0.0368. The summed E-state index contributed by atoms with van der Waals surface area (Å²) in [5.41, 5.74) is 1.48.